The van der Waals surface area contributed by atoms with Crippen LogP contribution >= 0.6 is 0 Å². The molecule has 0 aromatic rings. The monoisotopic (exact) mass is 258 g/mol. The van der Waals surface area contributed by atoms with Crippen molar-refractivity contribution in [1.29, 1.82) is 0 Å². The lowest BCUT2D eigenvalue weighted by atomic mass is 9.85. The highest BCUT2D eigenvalue weighted by atomic mass is 16.4. The van der Waals surface area contributed by atoms with E-state index in [0.717, 1.165) is 6.42 Å². The first kappa shape index (κ1) is 16.9. The zero-order chi connectivity index (χ0) is 14.3. The summed E-state index contributed by atoms with van der Waals surface area (Å²) in [6.07, 6.45) is 1.58. The van der Waals surface area contributed by atoms with Crippen molar-refractivity contribution in [2.24, 2.45) is 17.1 Å². The lowest BCUT2D eigenvalue weighted by Crippen LogP contribution is -2.41. The summed E-state index contributed by atoms with van der Waals surface area (Å²) in [5, 5.41) is 11.6. The Morgan fingerprint density at radius 1 is 1.33 bits per heavy atom. The van der Waals surface area contributed by atoms with Crippen LogP contribution < -0.4 is 11.1 Å². The Balaban J connectivity index is 4.13. The maximum atomic E-state index is 11.6. The van der Waals surface area contributed by atoms with Gasteiger partial charge in [-0.2, -0.15) is 0 Å². The summed E-state index contributed by atoms with van der Waals surface area (Å²) in [5.74, 6) is -1.55. The number of hydrogen-bond donors (Lipinski definition) is 3. The molecular formula is C13H26N2O3. The van der Waals surface area contributed by atoms with E-state index in [4.69, 9.17) is 10.8 Å². The number of carboxylic acid groups (broad SMARTS) is 1. The van der Waals surface area contributed by atoms with E-state index in [1.54, 1.807) is 0 Å². The van der Waals surface area contributed by atoms with E-state index < -0.39 is 11.9 Å². The van der Waals surface area contributed by atoms with Gasteiger partial charge in [-0.1, -0.05) is 34.1 Å². The quantitative estimate of drug-likeness (QED) is 0.643. The lowest BCUT2D eigenvalue weighted by molar-refractivity contribution is -0.141. The Morgan fingerprint density at radius 3 is 2.28 bits per heavy atom. The summed E-state index contributed by atoms with van der Waals surface area (Å²) in [6, 6.07) is -0.230. The number of nitrogens with one attached hydrogen (secondary N) is 1. The fourth-order valence-corrected chi connectivity index (χ4v) is 1.48. The summed E-state index contributed by atoms with van der Waals surface area (Å²) in [6.45, 7) is 8.03. The minimum atomic E-state index is -0.864. The molecular weight excluding hydrogens is 232 g/mol. The van der Waals surface area contributed by atoms with Gasteiger partial charge in [0.25, 0.3) is 0 Å². The van der Waals surface area contributed by atoms with Gasteiger partial charge in [0.1, 0.15) is 0 Å². The largest absolute Gasteiger partial charge is 0.481 e. The summed E-state index contributed by atoms with van der Waals surface area (Å²) in [7, 11) is 0. The van der Waals surface area contributed by atoms with Crippen molar-refractivity contribution < 1.29 is 14.7 Å². The molecule has 0 aromatic heterocycles. The third kappa shape index (κ3) is 6.59. The van der Waals surface area contributed by atoms with Crippen LogP contribution in [0, 0.1) is 11.3 Å². The highest BCUT2D eigenvalue weighted by molar-refractivity contribution is 5.78. The first-order valence-electron chi connectivity index (χ1n) is 6.43. The second-order valence-electron chi connectivity index (χ2n) is 5.80. The molecule has 0 aliphatic carbocycles. The maximum absolute atomic E-state index is 11.6. The molecule has 106 valence electrons. The molecule has 4 N–H and O–H groups in total. The average molecular weight is 258 g/mol. The Bertz CT molecular complexity index is 284. The van der Waals surface area contributed by atoms with Crippen LogP contribution in [0.1, 0.15) is 47.0 Å². The van der Waals surface area contributed by atoms with E-state index in [1.165, 1.54) is 0 Å². The second kappa shape index (κ2) is 7.36. The van der Waals surface area contributed by atoms with Crippen LogP contribution in [0.3, 0.4) is 0 Å². The molecule has 0 bridgehead atoms. The number of aliphatic carboxylic acids is 1. The topological polar surface area (TPSA) is 92.4 Å². The van der Waals surface area contributed by atoms with Gasteiger partial charge in [-0.05, 0) is 11.8 Å². The van der Waals surface area contributed by atoms with Gasteiger partial charge in [0.15, 0.2) is 0 Å². The Labute approximate surface area is 109 Å². The number of carbonyl (C=O) groups is 2. The van der Waals surface area contributed by atoms with E-state index in [9.17, 15) is 9.59 Å². The van der Waals surface area contributed by atoms with Gasteiger partial charge >= 0.3 is 5.97 Å². The van der Waals surface area contributed by atoms with E-state index >= 15 is 0 Å². The van der Waals surface area contributed by atoms with E-state index in [2.05, 4.69) is 5.32 Å². The highest BCUT2D eigenvalue weighted by Gasteiger charge is 2.24. The Hall–Kier alpha value is -1.10. The SMILES string of the molecule is CCCC(CNC(=O)CC(N)C(C)(C)C)C(=O)O. The number of rotatable bonds is 7. The molecule has 0 saturated carbocycles. The van der Waals surface area contributed by atoms with Gasteiger partial charge in [0.2, 0.25) is 5.91 Å². The third-order valence-corrected chi connectivity index (χ3v) is 3.05. The van der Waals surface area contributed by atoms with E-state index in [1.807, 2.05) is 27.7 Å². The summed E-state index contributed by atoms with van der Waals surface area (Å²) >= 11 is 0. The van der Waals surface area contributed by atoms with Crippen molar-refractivity contribution in [2.75, 3.05) is 6.54 Å². The van der Waals surface area contributed by atoms with Crippen LogP contribution in [0.5, 0.6) is 0 Å². The number of carboxylic acids is 1. The van der Waals surface area contributed by atoms with Gasteiger partial charge in [-0.25, -0.2) is 0 Å². The fourth-order valence-electron chi connectivity index (χ4n) is 1.48. The van der Waals surface area contributed by atoms with Crippen molar-refractivity contribution in [1.82, 2.24) is 5.32 Å². The average Bonchev–Trinajstić information content (AvgIpc) is 2.22. The molecule has 5 nitrogen and oxygen atoms in total. The summed E-state index contributed by atoms with van der Waals surface area (Å²) in [4.78, 5) is 22.6. The van der Waals surface area contributed by atoms with Gasteiger partial charge in [-0.3, -0.25) is 9.59 Å². The molecule has 2 unspecified atom stereocenters. The Morgan fingerprint density at radius 2 is 1.89 bits per heavy atom. The number of carbonyl (C=O) groups excluding carboxylic acids is 1. The number of hydrogen-bond acceptors (Lipinski definition) is 3. The molecule has 0 fully saturated rings. The highest BCUT2D eigenvalue weighted by Crippen LogP contribution is 2.19. The molecule has 0 radical (unpaired) electrons. The zero-order valence-electron chi connectivity index (χ0n) is 11.8. The van der Waals surface area contributed by atoms with Crippen LogP contribution in [0.15, 0.2) is 0 Å². The number of amides is 1. The standard InChI is InChI=1S/C13H26N2O3/c1-5-6-9(12(17)18)8-15-11(16)7-10(14)13(2,3)4/h9-10H,5-8,14H2,1-4H3,(H,15,16)(H,17,18). The van der Waals surface area contributed by atoms with Crippen LogP contribution in [-0.2, 0) is 9.59 Å². The van der Waals surface area contributed by atoms with Gasteiger partial charge in [-0.15, -0.1) is 0 Å². The lowest BCUT2D eigenvalue weighted by Gasteiger charge is -2.26. The molecule has 0 spiro atoms. The maximum Gasteiger partial charge on any atom is 0.308 e. The van der Waals surface area contributed by atoms with Crippen molar-refractivity contribution in [3.8, 4) is 0 Å². The van der Waals surface area contributed by atoms with Crippen LogP contribution in [-0.4, -0.2) is 29.6 Å². The molecule has 2 atom stereocenters. The molecule has 0 heterocycles. The summed E-state index contributed by atoms with van der Waals surface area (Å²) in [5.41, 5.74) is 5.77. The molecule has 0 aromatic carbocycles. The van der Waals surface area contributed by atoms with E-state index in [-0.39, 0.29) is 30.3 Å². The molecule has 0 aliphatic heterocycles. The smallest absolute Gasteiger partial charge is 0.308 e. The van der Waals surface area contributed by atoms with Gasteiger partial charge in [0.05, 0.1) is 5.92 Å². The molecule has 5 heteroatoms. The first-order chi connectivity index (χ1) is 8.18. The van der Waals surface area contributed by atoms with Crippen LogP contribution in [0.2, 0.25) is 0 Å². The Kier molecular flexibility index (Phi) is 6.91. The van der Waals surface area contributed by atoms with Crippen molar-refractivity contribution >= 4 is 11.9 Å². The fraction of sp³-hybridized carbons (Fsp3) is 0.846. The predicted molar refractivity (Wildman–Crippen MR) is 71.1 cm³/mol. The predicted octanol–water partition coefficient (Wildman–Crippen LogP) is 1.37. The molecule has 0 aliphatic rings. The van der Waals surface area contributed by atoms with Crippen LogP contribution in [0.25, 0.3) is 0 Å². The first-order valence-corrected chi connectivity index (χ1v) is 6.43. The molecule has 18 heavy (non-hydrogen) atoms. The second-order valence-corrected chi connectivity index (χ2v) is 5.80. The minimum absolute atomic E-state index is 0.132. The summed E-state index contributed by atoms with van der Waals surface area (Å²) < 4.78 is 0. The zero-order valence-corrected chi connectivity index (χ0v) is 11.8. The van der Waals surface area contributed by atoms with E-state index in [0.29, 0.717) is 6.42 Å². The van der Waals surface area contributed by atoms with Crippen molar-refractivity contribution in [3.05, 3.63) is 0 Å². The van der Waals surface area contributed by atoms with Gasteiger partial charge < -0.3 is 16.2 Å². The molecule has 0 rings (SSSR count). The van der Waals surface area contributed by atoms with Crippen LogP contribution in [0.4, 0.5) is 0 Å². The number of nitrogens with two attached hydrogens (primary N) is 1. The minimum Gasteiger partial charge on any atom is -0.481 e. The van der Waals surface area contributed by atoms with Crippen molar-refractivity contribution in [2.45, 2.75) is 53.0 Å². The van der Waals surface area contributed by atoms with Gasteiger partial charge in [0, 0.05) is 19.0 Å². The molecule has 0 saturated heterocycles. The van der Waals surface area contributed by atoms with Crippen molar-refractivity contribution in [3.63, 3.8) is 0 Å². The normalized spacial score (nSPS) is 14.9. The molecule has 1 amide bonds. The third-order valence-electron chi connectivity index (χ3n) is 3.05.